The molecule has 17 heavy (non-hydrogen) atoms. The number of likely N-dealkylation sites (N-methyl/N-ethyl adjacent to an activating group) is 1. The highest BCUT2D eigenvalue weighted by atomic mass is 16.2. The van der Waals surface area contributed by atoms with Crippen molar-refractivity contribution in [2.45, 2.75) is 19.9 Å². The number of fused-ring (bicyclic) bond motifs is 1. The van der Waals surface area contributed by atoms with Gasteiger partial charge >= 0.3 is 0 Å². The molecule has 1 aromatic rings. The van der Waals surface area contributed by atoms with Crippen LogP contribution in [0, 0.1) is 6.92 Å². The van der Waals surface area contributed by atoms with E-state index in [1.807, 2.05) is 23.9 Å². The maximum atomic E-state index is 12.0. The summed E-state index contributed by atoms with van der Waals surface area (Å²) in [6.07, 6.45) is 0.982. The first-order chi connectivity index (χ1) is 8.08. The number of aryl methyl sites for hydroxylation is 1. The van der Waals surface area contributed by atoms with Gasteiger partial charge < -0.3 is 9.80 Å². The fourth-order valence-corrected chi connectivity index (χ4v) is 2.33. The van der Waals surface area contributed by atoms with Gasteiger partial charge in [-0.25, -0.2) is 0 Å². The molecule has 1 aliphatic heterocycles. The number of amides is 1. The lowest BCUT2D eigenvalue weighted by Crippen LogP contribution is -2.41. The summed E-state index contributed by atoms with van der Waals surface area (Å²) in [4.78, 5) is 15.9. The van der Waals surface area contributed by atoms with E-state index in [1.54, 1.807) is 0 Å². The summed E-state index contributed by atoms with van der Waals surface area (Å²) in [6.45, 7) is 4.25. The van der Waals surface area contributed by atoms with Gasteiger partial charge in [0.25, 0.3) is 0 Å². The predicted molar refractivity (Wildman–Crippen MR) is 68.9 cm³/mol. The number of benzene rings is 1. The first kappa shape index (κ1) is 12.1. The monoisotopic (exact) mass is 232 g/mol. The molecule has 2 rings (SSSR count). The van der Waals surface area contributed by atoms with Crippen molar-refractivity contribution >= 4 is 5.91 Å². The Balaban J connectivity index is 2.13. The lowest BCUT2D eigenvalue weighted by atomic mass is 9.95. The van der Waals surface area contributed by atoms with Crippen LogP contribution in [0.5, 0.6) is 0 Å². The molecule has 0 fully saturated rings. The first-order valence-electron chi connectivity index (χ1n) is 6.08. The van der Waals surface area contributed by atoms with Gasteiger partial charge in [-0.15, -0.1) is 0 Å². The molecule has 1 aromatic carbocycles. The summed E-state index contributed by atoms with van der Waals surface area (Å²) in [5, 5.41) is 0. The summed E-state index contributed by atoms with van der Waals surface area (Å²) < 4.78 is 0. The minimum atomic E-state index is 0.226. The maximum Gasteiger partial charge on any atom is 0.237 e. The third kappa shape index (κ3) is 2.67. The SMILES string of the molecule is Cc1cccc2c1CN(C(=O)CN(C)C)CC2. The van der Waals surface area contributed by atoms with E-state index >= 15 is 0 Å². The number of carbonyl (C=O) groups excluding carboxylic acids is 1. The summed E-state index contributed by atoms with van der Waals surface area (Å²) in [6, 6.07) is 6.40. The normalized spacial score (nSPS) is 14.9. The number of carbonyl (C=O) groups is 1. The second kappa shape index (κ2) is 4.88. The molecule has 0 atom stereocenters. The van der Waals surface area contributed by atoms with Gasteiger partial charge in [0.05, 0.1) is 6.54 Å². The molecule has 0 N–H and O–H groups in total. The van der Waals surface area contributed by atoms with Crippen LogP contribution in [0.4, 0.5) is 0 Å². The fourth-order valence-electron chi connectivity index (χ4n) is 2.33. The Morgan fingerprint density at radius 1 is 1.41 bits per heavy atom. The van der Waals surface area contributed by atoms with Crippen molar-refractivity contribution in [1.29, 1.82) is 0 Å². The Bertz CT molecular complexity index is 426. The average Bonchev–Trinajstić information content (AvgIpc) is 2.28. The number of hydrogen-bond donors (Lipinski definition) is 0. The van der Waals surface area contributed by atoms with E-state index in [0.29, 0.717) is 6.54 Å². The van der Waals surface area contributed by atoms with Crippen LogP contribution < -0.4 is 0 Å². The van der Waals surface area contributed by atoms with E-state index < -0.39 is 0 Å². The third-order valence-electron chi connectivity index (χ3n) is 3.31. The zero-order valence-electron chi connectivity index (χ0n) is 10.9. The molecule has 1 amide bonds. The van der Waals surface area contributed by atoms with E-state index in [-0.39, 0.29) is 5.91 Å². The summed E-state index contributed by atoms with van der Waals surface area (Å²) >= 11 is 0. The zero-order chi connectivity index (χ0) is 12.4. The van der Waals surface area contributed by atoms with Gasteiger partial charge in [0.15, 0.2) is 0 Å². The molecule has 0 aromatic heterocycles. The molecule has 1 aliphatic rings. The highest BCUT2D eigenvalue weighted by molar-refractivity contribution is 5.78. The standard InChI is InChI=1S/C14H20N2O/c1-11-5-4-6-12-7-8-16(9-13(11)12)14(17)10-15(2)3/h4-6H,7-10H2,1-3H3. The van der Waals surface area contributed by atoms with Crippen molar-refractivity contribution in [2.75, 3.05) is 27.2 Å². The smallest absolute Gasteiger partial charge is 0.237 e. The van der Waals surface area contributed by atoms with E-state index in [4.69, 9.17) is 0 Å². The molecule has 0 unspecified atom stereocenters. The number of rotatable bonds is 2. The second-order valence-corrected chi connectivity index (χ2v) is 5.02. The minimum Gasteiger partial charge on any atom is -0.337 e. The number of hydrogen-bond acceptors (Lipinski definition) is 2. The van der Waals surface area contributed by atoms with Crippen LogP contribution in [0.1, 0.15) is 16.7 Å². The molecule has 0 saturated heterocycles. The van der Waals surface area contributed by atoms with Crippen molar-refractivity contribution in [1.82, 2.24) is 9.80 Å². The molecule has 0 spiro atoms. The van der Waals surface area contributed by atoms with E-state index in [2.05, 4.69) is 25.1 Å². The van der Waals surface area contributed by atoms with Crippen LogP contribution in [-0.4, -0.2) is 42.9 Å². The van der Waals surface area contributed by atoms with Gasteiger partial charge in [-0.1, -0.05) is 18.2 Å². The molecule has 3 nitrogen and oxygen atoms in total. The molecule has 3 heteroatoms. The fraction of sp³-hybridized carbons (Fsp3) is 0.500. The Morgan fingerprint density at radius 3 is 2.88 bits per heavy atom. The van der Waals surface area contributed by atoms with Gasteiger partial charge in [0.2, 0.25) is 5.91 Å². The van der Waals surface area contributed by atoms with Crippen molar-refractivity contribution in [2.24, 2.45) is 0 Å². The molecule has 0 saturated carbocycles. The largest absolute Gasteiger partial charge is 0.337 e. The van der Waals surface area contributed by atoms with Gasteiger partial charge in [0.1, 0.15) is 0 Å². The number of nitrogens with zero attached hydrogens (tertiary/aromatic N) is 2. The van der Waals surface area contributed by atoms with Crippen molar-refractivity contribution in [3.63, 3.8) is 0 Å². The zero-order valence-corrected chi connectivity index (χ0v) is 10.9. The van der Waals surface area contributed by atoms with Gasteiger partial charge in [-0.2, -0.15) is 0 Å². The second-order valence-electron chi connectivity index (χ2n) is 5.02. The van der Waals surface area contributed by atoms with Gasteiger partial charge in [-0.05, 0) is 44.1 Å². The highest BCUT2D eigenvalue weighted by Crippen LogP contribution is 2.22. The molecular weight excluding hydrogens is 212 g/mol. The van der Waals surface area contributed by atoms with Crippen molar-refractivity contribution < 1.29 is 4.79 Å². The van der Waals surface area contributed by atoms with Crippen LogP contribution in [0.25, 0.3) is 0 Å². The van der Waals surface area contributed by atoms with Gasteiger partial charge in [-0.3, -0.25) is 4.79 Å². The summed E-state index contributed by atoms with van der Waals surface area (Å²) in [7, 11) is 3.86. The van der Waals surface area contributed by atoms with Crippen LogP contribution in [0.3, 0.4) is 0 Å². The molecule has 0 bridgehead atoms. The lowest BCUT2D eigenvalue weighted by molar-refractivity contribution is -0.132. The first-order valence-corrected chi connectivity index (χ1v) is 6.08. The molecule has 0 aliphatic carbocycles. The third-order valence-corrected chi connectivity index (χ3v) is 3.31. The Kier molecular flexibility index (Phi) is 3.48. The average molecular weight is 232 g/mol. The lowest BCUT2D eigenvalue weighted by Gasteiger charge is -2.30. The highest BCUT2D eigenvalue weighted by Gasteiger charge is 2.21. The van der Waals surface area contributed by atoms with Crippen LogP contribution in [-0.2, 0) is 17.8 Å². The van der Waals surface area contributed by atoms with Crippen molar-refractivity contribution in [3.8, 4) is 0 Å². The Labute approximate surface area is 103 Å². The van der Waals surface area contributed by atoms with Gasteiger partial charge in [0, 0.05) is 13.1 Å². The Hall–Kier alpha value is -1.35. The van der Waals surface area contributed by atoms with Crippen LogP contribution in [0.15, 0.2) is 18.2 Å². The molecular formula is C14H20N2O. The quantitative estimate of drug-likeness (QED) is 0.770. The van der Waals surface area contributed by atoms with Crippen LogP contribution in [0.2, 0.25) is 0 Å². The molecule has 1 heterocycles. The maximum absolute atomic E-state index is 12.0. The minimum absolute atomic E-state index is 0.226. The summed E-state index contributed by atoms with van der Waals surface area (Å²) in [5.41, 5.74) is 4.04. The molecule has 0 radical (unpaired) electrons. The Morgan fingerprint density at radius 2 is 2.18 bits per heavy atom. The van der Waals surface area contributed by atoms with E-state index in [1.165, 1.54) is 16.7 Å². The topological polar surface area (TPSA) is 23.6 Å². The van der Waals surface area contributed by atoms with Crippen LogP contribution >= 0.6 is 0 Å². The predicted octanol–water partition coefficient (Wildman–Crippen LogP) is 1.44. The van der Waals surface area contributed by atoms with E-state index in [9.17, 15) is 4.79 Å². The van der Waals surface area contributed by atoms with E-state index in [0.717, 1.165) is 19.5 Å². The summed E-state index contributed by atoms with van der Waals surface area (Å²) in [5.74, 6) is 0.226. The van der Waals surface area contributed by atoms with Crippen molar-refractivity contribution in [3.05, 3.63) is 34.9 Å². The molecule has 92 valence electrons.